The quantitative estimate of drug-likeness (QED) is 0.663. The Bertz CT molecular complexity index is 808. The smallest absolute Gasteiger partial charge is 0.161 e. The summed E-state index contributed by atoms with van der Waals surface area (Å²) < 4.78 is 0. The number of H-pyrrole nitrogens is 1. The van der Waals surface area contributed by atoms with Gasteiger partial charge in [0.15, 0.2) is 5.78 Å². The van der Waals surface area contributed by atoms with Gasteiger partial charge in [-0.05, 0) is 38.0 Å². The van der Waals surface area contributed by atoms with Crippen molar-refractivity contribution in [3.8, 4) is 22.5 Å². The van der Waals surface area contributed by atoms with Crippen molar-refractivity contribution in [3.63, 3.8) is 0 Å². The largest absolute Gasteiger partial charge is 0.354 e. The summed E-state index contributed by atoms with van der Waals surface area (Å²) >= 11 is 0. The molecule has 0 aliphatic heterocycles. The van der Waals surface area contributed by atoms with Gasteiger partial charge in [0.05, 0.1) is 5.69 Å². The number of carbonyl (C=O) groups excluding carboxylic acids is 1. The van der Waals surface area contributed by atoms with Crippen LogP contribution in [-0.4, -0.2) is 10.8 Å². The minimum absolute atomic E-state index is 0.0742. The Kier molecular flexibility index (Phi) is 3.68. The van der Waals surface area contributed by atoms with Crippen LogP contribution in [0.1, 0.15) is 28.4 Å². The average Bonchev–Trinajstić information content (AvgIpc) is 2.94. The van der Waals surface area contributed by atoms with E-state index in [0.717, 1.165) is 28.1 Å². The van der Waals surface area contributed by atoms with Crippen LogP contribution in [0.4, 0.5) is 0 Å². The van der Waals surface area contributed by atoms with Crippen LogP contribution in [0.2, 0.25) is 0 Å². The summed E-state index contributed by atoms with van der Waals surface area (Å²) in [6.07, 6.45) is 0. The van der Waals surface area contributed by atoms with Crippen LogP contribution in [0.3, 0.4) is 0 Å². The van der Waals surface area contributed by atoms with Crippen LogP contribution in [0.5, 0.6) is 0 Å². The predicted molar refractivity (Wildman–Crippen MR) is 91.1 cm³/mol. The van der Waals surface area contributed by atoms with Gasteiger partial charge in [0.1, 0.15) is 0 Å². The third-order valence-electron chi connectivity index (χ3n) is 3.90. The Morgan fingerprint density at radius 3 is 1.82 bits per heavy atom. The molecular formula is C20H19NO. The summed E-state index contributed by atoms with van der Waals surface area (Å²) in [4.78, 5) is 15.4. The highest BCUT2D eigenvalue weighted by molar-refractivity contribution is 6.01. The number of carbonyl (C=O) groups is 1. The molecule has 1 heterocycles. The Morgan fingerprint density at radius 1 is 0.818 bits per heavy atom. The lowest BCUT2D eigenvalue weighted by Gasteiger charge is -2.02. The second kappa shape index (κ2) is 5.64. The summed E-state index contributed by atoms with van der Waals surface area (Å²) in [5.41, 5.74) is 7.16. The van der Waals surface area contributed by atoms with Crippen molar-refractivity contribution in [1.82, 2.24) is 4.98 Å². The number of hydrogen-bond acceptors (Lipinski definition) is 1. The van der Waals surface area contributed by atoms with Gasteiger partial charge in [0.25, 0.3) is 0 Å². The van der Waals surface area contributed by atoms with E-state index in [2.05, 4.69) is 55.2 Å². The van der Waals surface area contributed by atoms with Crippen molar-refractivity contribution in [1.29, 1.82) is 0 Å². The first-order valence-electron chi connectivity index (χ1n) is 7.42. The van der Waals surface area contributed by atoms with Crippen LogP contribution >= 0.6 is 0 Å². The average molecular weight is 289 g/mol. The van der Waals surface area contributed by atoms with E-state index in [0.29, 0.717) is 0 Å². The van der Waals surface area contributed by atoms with E-state index in [9.17, 15) is 4.79 Å². The third kappa shape index (κ3) is 2.73. The fourth-order valence-electron chi connectivity index (χ4n) is 2.57. The molecule has 1 aromatic heterocycles. The summed E-state index contributed by atoms with van der Waals surface area (Å²) in [5, 5.41) is 0. The summed E-state index contributed by atoms with van der Waals surface area (Å²) in [5.74, 6) is 0.0742. The van der Waals surface area contributed by atoms with E-state index in [1.54, 1.807) is 6.92 Å². The highest BCUT2D eigenvalue weighted by atomic mass is 16.1. The SMILES string of the molecule is CC(=O)c1cc(-c2ccc(C)cc2)[nH]c1-c1ccc(C)cc1. The van der Waals surface area contributed by atoms with Crippen molar-refractivity contribution in [2.24, 2.45) is 0 Å². The van der Waals surface area contributed by atoms with E-state index in [1.165, 1.54) is 11.1 Å². The number of benzene rings is 2. The van der Waals surface area contributed by atoms with Crippen LogP contribution in [0.25, 0.3) is 22.5 Å². The topological polar surface area (TPSA) is 32.9 Å². The Hall–Kier alpha value is -2.61. The standard InChI is InChI=1S/C20H19NO/c1-13-4-8-16(9-5-13)19-12-18(15(3)22)20(21-19)17-10-6-14(2)7-11-17/h4-12,21H,1-3H3. The van der Waals surface area contributed by atoms with Crippen molar-refractivity contribution < 1.29 is 4.79 Å². The fraction of sp³-hybridized carbons (Fsp3) is 0.150. The predicted octanol–water partition coefficient (Wildman–Crippen LogP) is 5.17. The lowest BCUT2D eigenvalue weighted by molar-refractivity contribution is 0.101. The number of rotatable bonds is 3. The molecule has 1 N–H and O–H groups in total. The van der Waals surface area contributed by atoms with Gasteiger partial charge in [0.2, 0.25) is 0 Å². The van der Waals surface area contributed by atoms with Crippen molar-refractivity contribution in [2.45, 2.75) is 20.8 Å². The Labute approximate surface area is 130 Å². The molecule has 0 saturated heterocycles. The number of ketones is 1. The van der Waals surface area contributed by atoms with Crippen LogP contribution in [0, 0.1) is 13.8 Å². The Balaban J connectivity index is 2.11. The first kappa shape index (κ1) is 14.3. The first-order chi connectivity index (χ1) is 10.5. The monoisotopic (exact) mass is 289 g/mol. The summed E-state index contributed by atoms with van der Waals surface area (Å²) in [6, 6.07) is 18.5. The van der Waals surface area contributed by atoms with Gasteiger partial charge in [-0.15, -0.1) is 0 Å². The van der Waals surface area contributed by atoms with Gasteiger partial charge in [0, 0.05) is 11.3 Å². The number of hydrogen-bond donors (Lipinski definition) is 1. The van der Waals surface area contributed by atoms with Gasteiger partial charge in [-0.2, -0.15) is 0 Å². The van der Waals surface area contributed by atoms with Gasteiger partial charge in [-0.3, -0.25) is 4.79 Å². The van der Waals surface area contributed by atoms with Crippen LogP contribution in [-0.2, 0) is 0 Å². The molecule has 2 nitrogen and oxygen atoms in total. The zero-order valence-corrected chi connectivity index (χ0v) is 13.1. The van der Waals surface area contributed by atoms with Gasteiger partial charge < -0.3 is 4.98 Å². The molecule has 0 fully saturated rings. The van der Waals surface area contributed by atoms with Crippen LogP contribution in [0.15, 0.2) is 54.6 Å². The molecule has 0 saturated carbocycles. The second-order valence-corrected chi connectivity index (χ2v) is 5.76. The molecule has 0 bridgehead atoms. The highest BCUT2D eigenvalue weighted by Crippen LogP contribution is 2.29. The lowest BCUT2D eigenvalue weighted by Crippen LogP contribution is -1.92. The van der Waals surface area contributed by atoms with Gasteiger partial charge >= 0.3 is 0 Å². The molecule has 2 heteroatoms. The molecule has 2 aromatic carbocycles. The van der Waals surface area contributed by atoms with Crippen molar-refractivity contribution in [3.05, 3.63) is 71.3 Å². The molecule has 0 spiro atoms. The lowest BCUT2D eigenvalue weighted by atomic mass is 10.0. The van der Waals surface area contributed by atoms with Crippen LogP contribution < -0.4 is 0 Å². The number of Topliss-reactive ketones (excluding diaryl/α,β-unsaturated/α-hetero) is 1. The maximum absolute atomic E-state index is 12.0. The first-order valence-corrected chi connectivity index (χ1v) is 7.42. The number of aromatic amines is 1. The molecule has 0 unspecified atom stereocenters. The molecule has 3 aromatic rings. The number of aryl methyl sites for hydroxylation is 2. The van der Waals surface area contributed by atoms with E-state index in [4.69, 9.17) is 0 Å². The summed E-state index contributed by atoms with van der Waals surface area (Å²) in [7, 11) is 0. The number of nitrogens with one attached hydrogen (secondary N) is 1. The highest BCUT2D eigenvalue weighted by Gasteiger charge is 2.14. The van der Waals surface area contributed by atoms with E-state index in [-0.39, 0.29) is 5.78 Å². The maximum atomic E-state index is 12.0. The van der Waals surface area contributed by atoms with E-state index >= 15 is 0 Å². The fourth-order valence-corrected chi connectivity index (χ4v) is 2.57. The zero-order chi connectivity index (χ0) is 15.7. The second-order valence-electron chi connectivity index (χ2n) is 5.76. The number of aromatic nitrogens is 1. The molecule has 22 heavy (non-hydrogen) atoms. The van der Waals surface area contributed by atoms with Gasteiger partial charge in [-0.25, -0.2) is 0 Å². The summed E-state index contributed by atoms with van der Waals surface area (Å²) in [6.45, 7) is 5.74. The third-order valence-corrected chi connectivity index (χ3v) is 3.90. The minimum Gasteiger partial charge on any atom is -0.354 e. The minimum atomic E-state index is 0.0742. The van der Waals surface area contributed by atoms with Crippen molar-refractivity contribution >= 4 is 5.78 Å². The van der Waals surface area contributed by atoms with Crippen molar-refractivity contribution in [2.75, 3.05) is 0 Å². The molecule has 0 atom stereocenters. The maximum Gasteiger partial charge on any atom is 0.161 e. The van der Waals surface area contributed by atoms with E-state index < -0.39 is 0 Å². The zero-order valence-electron chi connectivity index (χ0n) is 13.1. The molecular weight excluding hydrogens is 270 g/mol. The molecule has 0 aliphatic carbocycles. The molecule has 0 amide bonds. The van der Waals surface area contributed by atoms with E-state index in [1.807, 2.05) is 18.2 Å². The van der Waals surface area contributed by atoms with Gasteiger partial charge in [-0.1, -0.05) is 59.7 Å². The normalized spacial score (nSPS) is 10.7. The molecule has 3 rings (SSSR count). The molecule has 0 aliphatic rings. The molecule has 0 radical (unpaired) electrons. The molecule has 110 valence electrons. The Morgan fingerprint density at radius 2 is 1.32 bits per heavy atom.